The van der Waals surface area contributed by atoms with Crippen LogP contribution in [-0.4, -0.2) is 45.3 Å². The highest BCUT2D eigenvalue weighted by molar-refractivity contribution is 5.96. The summed E-state index contributed by atoms with van der Waals surface area (Å²) in [5.74, 6) is -0.631. The number of nitrogens with zero attached hydrogens (tertiary/aromatic N) is 4. The predicted molar refractivity (Wildman–Crippen MR) is 133 cm³/mol. The number of primary amides is 1. The van der Waals surface area contributed by atoms with Crippen LogP contribution in [0.3, 0.4) is 0 Å². The molecule has 176 valence electrons. The minimum absolute atomic E-state index is 0.0953. The van der Waals surface area contributed by atoms with Crippen molar-refractivity contribution in [2.45, 2.75) is 19.3 Å². The van der Waals surface area contributed by atoms with Crippen molar-refractivity contribution in [1.29, 1.82) is 0 Å². The molecule has 5 rings (SSSR count). The van der Waals surface area contributed by atoms with Gasteiger partial charge in [0, 0.05) is 43.4 Å². The van der Waals surface area contributed by atoms with Crippen molar-refractivity contribution in [3.05, 3.63) is 87.3 Å². The molecule has 0 aliphatic heterocycles. The second-order valence-corrected chi connectivity index (χ2v) is 8.75. The van der Waals surface area contributed by atoms with Crippen molar-refractivity contribution in [3.63, 3.8) is 0 Å². The number of aryl methyl sites for hydroxylation is 2. The highest BCUT2D eigenvalue weighted by Crippen LogP contribution is 2.26. The number of amides is 2. The fourth-order valence-electron chi connectivity index (χ4n) is 4.33. The van der Waals surface area contributed by atoms with Gasteiger partial charge in [0.15, 0.2) is 5.65 Å². The Morgan fingerprint density at radius 2 is 1.80 bits per heavy atom. The van der Waals surface area contributed by atoms with Crippen molar-refractivity contribution >= 4 is 34.5 Å². The van der Waals surface area contributed by atoms with Crippen LogP contribution < -0.4 is 16.5 Å². The van der Waals surface area contributed by atoms with Crippen molar-refractivity contribution < 1.29 is 9.59 Å². The largest absolute Gasteiger partial charge is 0.365 e. The van der Waals surface area contributed by atoms with Gasteiger partial charge in [0.25, 0.3) is 11.8 Å². The number of aromatic nitrogens is 3. The zero-order valence-corrected chi connectivity index (χ0v) is 19.4. The molecule has 9 heteroatoms. The Morgan fingerprint density at radius 1 is 1.06 bits per heavy atom. The molecule has 0 saturated carbocycles. The van der Waals surface area contributed by atoms with E-state index in [9.17, 15) is 14.4 Å². The van der Waals surface area contributed by atoms with Crippen LogP contribution in [0.1, 0.15) is 38.3 Å². The smallest absolute Gasteiger partial charge is 0.254 e. The Kier molecular flexibility index (Phi) is 5.52. The number of anilines is 2. The van der Waals surface area contributed by atoms with Gasteiger partial charge < -0.3 is 20.5 Å². The first-order chi connectivity index (χ1) is 16.8. The normalized spacial score (nSPS) is 12.4. The third-order valence-corrected chi connectivity index (χ3v) is 6.16. The molecule has 0 fully saturated rings. The lowest BCUT2D eigenvalue weighted by molar-refractivity contribution is 0.0827. The minimum atomic E-state index is -0.804. The van der Waals surface area contributed by atoms with Crippen LogP contribution in [-0.2, 0) is 12.8 Å². The first-order valence-electron chi connectivity index (χ1n) is 11.2. The highest BCUT2D eigenvalue weighted by atomic mass is 16.2. The van der Waals surface area contributed by atoms with E-state index >= 15 is 0 Å². The molecule has 1 aliphatic carbocycles. The van der Waals surface area contributed by atoms with Crippen LogP contribution in [0.25, 0.3) is 16.7 Å². The zero-order valence-electron chi connectivity index (χ0n) is 19.4. The lowest BCUT2D eigenvalue weighted by atomic mass is 10.1. The van der Waals surface area contributed by atoms with Crippen LogP contribution in [0, 0.1) is 0 Å². The number of rotatable bonds is 5. The van der Waals surface area contributed by atoms with E-state index in [1.54, 1.807) is 42.9 Å². The van der Waals surface area contributed by atoms with E-state index < -0.39 is 11.3 Å². The summed E-state index contributed by atoms with van der Waals surface area (Å²) < 4.78 is 1.71. The zero-order chi connectivity index (χ0) is 24.7. The van der Waals surface area contributed by atoms with Gasteiger partial charge in [0.1, 0.15) is 5.56 Å². The van der Waals surface area contributed by atoms with Gasteiger partial charge in [-0.15, -0.1) is 0 Å². The molecule has 2 amide bonds. The highest BCUT2D eigenvalue weighted by Gasteiger charge is 2.18. The predicted octanol–water partition coefficient (Wildman–Crippen LogP) is 2.81. The number of hydrogen-bond acceptors (Lipinski definition) is 6. The lowest BCUT2D eigenvalue weighted by Crippen LogP contribution is -2.24. The van der Waals surface area contributed by atoms with E-state index in [0.717, 1.165) is 24.9 Å². The van der Waals surface area contributed by atoms with E-state index in [-0.39, 0.29) is 22.8 Å². The summed E-state index contributed by atoms with van der Waals surface area (Å²) in [7, 11) is 3.39. The van der Waals surface area contributed by atoms with Gasteiger partial charge in [-0.2, -0.15) is 4.98 Å². The molecule has 0 unspecified atom stereocenters. The molecule has 2 heterocycles. The van der Waals surface area contributed by atoms with E-state index in [1.807, 2.05) is 6.07 Å². The first kappa shape index (κ1) is 22.3. The third kappa shape index (κ3) is 4.12. The summed E-state index contributed by atoms with van der Waals surface area (Å²) in [6.45, 7) is 0. The molecule has 2 aromatic carbocycles. The maximum Gasteiger partial charge on any atom is 0.254 e. The Hall–Kier alpha value is -4.53. The van der Waals surface area contributed by atoms with Gasteiger partial charge in [-0.25, -0.2) is 4.98 Å². The number of carbonyl (C=O) groups excluding carboxylic acids is 2. The average Bonchev–Trinajstić information content (AvgIpc) is 3.32. The average molecular weight is 469 g/mol. The number of nitrogens with two attached hydrogens (primary N) is 1. The Labute approximate surface area is 201 Å². The van der Waals surface area contributed by atoms with Crippen molar-refractivity contribution in [2.24, 2.45) is 5.73 Å². The summed E-state index contributed by atoms with van der Waals surface area (Å²) in [6.07, 6.45) is 5.97. The molecule has 0 saturated heterocycles. The van der Waals surface area contributed by atoms with Crippen molar-refractivity contribution in [2.75, 3.05) is 19.4 Å². The molecule has 1 aliphatic rings. The lowest BCUT2D eigenvalue weighted by Gasteiger charge is -2.14. The molecule has 0 radical (unpaired) electrons. The number of pyridine rings is 1. The van der Waals surface area contributed by atoms with E-state index in [1.165, 1.54) is 28.4 Å². The second-order valence-electron chi connectivity index (χ2n) is 8.75. The third-order valence-electron chi connectivity index (χ3n) is 6.16. The topological polar surface area (TPSA) is 123 Å². The number of fused-ring (bicyclic) bond motifs is 2. The quantitative estimate of drug-likeness (QED) is 0.464. The fourth-order valence-corrected chi connectivity index (χ4v) is 4.33. The molecular weight excluding hydrogens is 444 g/mol. The molecular formula is C26H24N6O3. The maximum atomic E-state index is 12.9. The summed E-state index contributed by atoms with van der Waals surface area (Å²) in [4.78, 5) is 47.4. The van der Waals surface area contributed by atoms with Gasteiger partial charge in [-0.3, -0.25) is 14.4 Å². The molecule has 3 N–H and O–H groups in total. The minimum Gasteiger partial charge on any atom is -0.365 e. The number of hydrogen-bond donors (Lipinski definition) is 2. The Morgan fingerprint density at radius 3 is 2.51 bits per heavy atom. The van der Waals surface area contributed by atoms with Gasteiger partial charge in [0.2, 0.25) is 11.4 Å². The van der Waals surface area contributed by atoms with Crippen molar-refractivity contribution in [3.8, 4) is 5.69 Å². The molecule has 0 bridgehead atoms. The first-order valence-corrected chi connectivity index (χ1v) is 11.2. The summed E-state index contributed by atoms with van der Waals surface area (Å²) >= 11 is 0. The van der Waals surface area contributed by atoms with Crippen LogP contribution in [0.15, 0.2) is 59.7 Å². The summed E-state index contributed by atoms with van der Waals surface area (Å²) in [6, 6.07) is 13.0. The van der Waals surface area contributed by atoms with Crippen LogP contribution in [0.2, 0.25) is 0 Å². The van der Waals surface area contributed by atoms with Crippen LogP contribution in [0.4, 0.5) is 11.6 Å². The molecule has 0 atom stereocenters. The maximum absolute atomic E-state index is 12.9. The SMILES string of the molecule is CN(C)C(=O)c1ccc(Nc2ncc3c(=O)c(C(N)=O)cn(-c4ccc5c(c4)CCC5)c3n2)cc1. The van der Waals surface area contributed by atoms with E-state index in [0.29, 0.717) is 16.9 Å². The van der Waals surface area contributed by atoms with Crippen LogP contribution in [0.5, 0.6) is 0 Å². The van der Waals surface area contributed by atoms with Crippen LogP contribution >= 0.6 is 0 Å². The second kappa shape index (κ2) is 8.68. The molecule has 9 nitrogen and oxygen atoms in total. The molecule has 0 spiro atoms. The van der Waals surface area contributed by atoms with Gasteiger partial charge in [-0.05, 0) is 66.8 Å². The van der Waals surface area contributed by atoms with E-state index in [2.05, 4.69) is 27.4 Å². The number of carbonyl (C=O) groups is 2. The molecule has 4 aromatic rings. The van der Waals surface area contributed by atoms with Gasteiger partial charge >= 0.3 is 0 Å². The Bertz CT molecular complexity index is 1540. The Balaban J connectivity index is 1.59. The number of benzene rings is 2. The monoisotopic (exact) mass is 468 g/mol. The standard InChI is InChI=1S/C26H24N6O3/c1-31(2)25(35)16-6-9-18(10-7-16)29-26-28-13-20-22(33)21(23(27)34)14-32(24(20)30-26)19-11-8-15-4-3-5-17(15)12-19/h6-14H,3-5H2,1-2H3,(H2,27,34)(H,28,29,30). The molecule has 35 heavy (non-hydrogen) atoms. The van der Waals surface area contributed by atoms with Gasteiger partial charge in [0.05, 0.1) is 5.39 Å². The number of nitrogens with one attached hydrogen (secondary N) is 1. The fraction of sp³-hybridized carbons (Fsp3) is 0.192. The molecule has 2 aromatic heterocycles. The summed E-state index contributed by atoms with van der Waals surface area (Å²) in [5, 5.41) is 3.31. The van der Waals surface area contributed by atoms with Gasteiger partial charge in [-0.1, -0.05) is 6.07 Å². The van der Waals surface area contributed by atoms with Crippen molar-refractivity contribution in [1.82, 2.24) is 19.4 Å². The summed E-state index contributed by atoms with van der Waals surface area (Å²) in [5.41, 5.74) is 9.80. The van der Waals surface area contributed by atoms with E-state index in [4.69, 9.17) is 5.73 Å².